The lowest BCUT2D eigenvalue weighted by atomic mass is 9.75. The van der Waals surface area contributed by atoms with E-state index in [-0.39, 0.29) is 0 Å². The Morgan fingerprint density at radius 2 is 2.05 bits per heavy atom. The van der Waals surface area contributed by atoms with Gasteiger partial charge >= 0.3 is 0 Å². The molecule has 2 aromatic heterocycles. The van der Waals surface area contributed by atoms with Gasteiger partial charge in [0.25, 0.3) is 0 Å². The van der Waals surface area contributed by atoms with Crippen molar-refractivity contribution in [1.82, 2.24) is 9.97 Å². The largest absolute Gasteiger partial charge is 0.367 e. The highest BCUT2D eigenvalue weighted by Crippen LogP contribution is 2.37. The summed E-state index contributed by atoms with van der Waals surface area (Å²) in [6.07, 6.45) is 5.93. The van der Waals surface area contributed by atoms with E-state index in [1.165, 1.54) is 30.6 Å². The van der Waals surface area contributed by atoms with E-state index < -0.39 is 0 Å². The molecule has 0 atom stereocenters. The lowest BCUT2D eigenvalue weighted by Gasteiger charge is -2.34. The van der Waals surface area contributed by atoms with Crippen LogP contribution in [0.1, 0.15) is 51.3 Å². The fraction of sp³-hybridized carbons (Fsp3) is 0.625. The number of fused-ring (bicyclic) bond motifs is 1. The summed E-state index contributed by atoms with van der Waals surface area (Å²) in [5.74, 6) is 0.908. The summed E-state index contributed by atoms with van der Waals surface area (Å²) < 4.78 is 0. The molecule has 0 saturated heterocycles. The van der Waals surface area contributed by atoms with Crippen molar-refractivity contribution in [3.05, 3.63) is 16.2 Å². The molecule has 0 aliphatic heterocycles. The molecule has 3 nitrogen and oxygen atoms in total. The van der Waals surface area contributed by atoms with Crippen LogP contribution >= 0.6 is 22.9 Å². The summed E-state index contributed by atoms with van der Waals surface area (Å²) >= 11 is 7.80. The van der Waals surface area contributed by atoms with Crippen LogP contribution in [0, 0.1) is 5.41 Å². The number of anilines is 1. The first-order chi connectivity index (χ1) is 9.97. The lowest BCUT2D eigenvalue weighted by Crippen LogP contribution is -2.30. The minimum Gasteiger partial charge on any atom is -0.367 e. The van der Waals surface area contributed by atoms with Gasteiger partial charge in [-0.05, 0) is 55.2 Å². The zero-order chi connectivity index (χ0) is 15.0. The maximum absolute atomic E-state index is 6.08. The Balaban J connectivity index is 1.85. The van der Waals surface area contributed by atoms with E-state index in [2.05, 4.69) is 42.1 Å². The van der Waals surface area contributed by atoms with Crippen LogP contribution in [0.25, 0.3) is 10.2 Å². The molecule has 0 amide bonds. The highest BCUT2D eigenvalue weighted by molar-refractivity contribution is 7.18. The van der Waals surface area contributed by atoms with Gasteiger partial charge in [-0.2, -0.15) is 0 Å². The highest BCUT2D eigenvalue weighted by atomic mass is 35.5. The summed E-state index contributed by atoms with van der Waals surface area (Å²) in [5.41, 5.74) is 0.481. The maximum Gasteiger partial charge on any atom is 0.225 e. The SMILES string of the molecule is CCc1cc2c(NC3CCC(C)(C)CC3)nc(Cl)nc2s1. The smallest absolute Gasteiger partial charge is 0.225 e. The van der Waals surface area contributed by atoms with Gasteiger partial charge in [-0.1, -0.05) is 20.8 Å². The van der Waals surface area contributed by atoms with Crippen LogP contribution in [0.2, 0.25) is 5.28 Å². The quantitative estimate of drug-likeness (QED) is 0.780. The van der Waals surface area contributed by atoms with E-state index in [0.717, 1.165) is 22.5 Å². The van der Waals surface area contributed by atoms with Gasteiger partial charge in [-0.25, -0.2) is 9.97 Å². The molecule has 0 aromatic carbocycles. The van der Waals surface area contributed by atoms with E-state index >= 15 is 0 Å². The maximum atomic E-state index is 6.08. The van der Waals surface area contributed by atoms with Gasteiger partial charge in [0.15, 0.2) is 0 Å². The summed E-state index contributed by atoms with van der Waals surface area (Å²) in [7, 11) is 0. The third-order valence-electron chi connectivity index (χ3n) is 4.44. The van der Waals surface area contributed by atoms with Crippen molar-refractivity contribution in [2.45, 2.75) is 58.9 Å². The minimum absolute atomic E-state index is 0.339. The minimum atomic E-state index is 0.339. The Morgan fingerprint density at radius 3 is 2.71 bits per heavy atom. The number of aryl methyl sites for hydroxylation is 1. The average Bonchev–Trinajstić information content (AvgIpc) is 2.84. The normalized spacial score (nSPS) is 19.0. The molecular formula is C16H22ClN3S. The summed E-state index contributed by atoms with van der Waals surface area (Å²) in [6.45, 7) is 6.88. The van der Waals surface area contributed by atoms with Crippen molar-refractivity contribution < 1.29 is 0 Å². The van der Waals surface area contributed by atoms with Crippen LogP contribution in [-0.2, 0) is 6.42 Å². The first-order valence-corrected chi connectivity index (χ1v) is 8.89. The molecule has 1 saturated carbocycles. The van der Waals surface area contributed by atoms with Gasteiger partial charge in [0.1, 0.15) is 10.6 Å². The zero-order valence-corrected chi connectivity index (χ0v) is 14.4. The van der Waals surface area contributed by atoms with Gasteiger partial charge in [0.05, 0.1) is 5.39 Å². The van der Waals surface area contributed by atoms with Crippen molar-refractivity contribution in [3.8, 4) is 0 Å². The number of hydrogen-bond donors (Lipinski definition) is 1. The van der Waals surface area contributed by atoms with E-state index in [4.69, 9.17) is 11.6 Å². The van der Waals surface area contributed by atoms with Crippen molar-refractivity contribution in [1.29, 1.82) is 0 Å². The predicted molar refractivity (Wildman–Crippen MR) is 91.5 cm³/mol. The molecule has 0 radical (unpaired) electrons. The van der Waals surface area contributed by atoms with Gasteiger partial charge in [-0.15, -0.1) is 11.3 Å². The Kier molecular flexibility index (Phi) is 4.10. The fourth-order valence-corrected chi connectivity index (χ4v) is 4.15. The van der Waals surface area contributed by atoms with Gasteiger partial charge < -0.3 is 5.32 Å². The highest BCUT2D eigenvalue weighted by Gasteiger charge is 2.27. The Morgan fingerprint density at radius 1 is 1.33 bits per heavy atom. The molecule has 1 fully saturated rings. The Labute approximate surface area is 135 Å². The number of rotatable bonds is 3. The third kappa shape index (κ3) is 3.32. The second-order valence-electron chi connectivity index (χ2n) is 6.71. The number of nitrogens with zero attached hydrogens (tertiary/aromatic N) is 2. The molecule has 1 N–H and O–H groups in total. The number of thiophene rings is 1. The molecule has 114 valence electrons. The molecule has 0 unspecified atom stereocenters. The van der Waals surface area contributed by atoms with Crippen molar-refractivity contribution in [3.63, 3.8) is 0 Å². The molecule has 1 aliphatic rings. The standard InChI is InChI=1S/C16H22ClN3S/c1-4-11-9-12-13(19-15(17)20-14(12)21-11)18-10-5-7-16(2,3)8-6-10/h9-10H,4-8H2,1-3H3,(H,18,19,20). The summed E-state index contributed by atoms with van der Waals surface area (Å²) in [4.78, 5) is 11.1. The van der Waals surface area contributed by atoms with Crippen LogP contribution < -0.4 is 5.32 Å². The van der Waals surface area contributed by atoms with Crippen LogP contribution in [-0.4, -0.2) is 16.0 Å². The van der Waals surface area contributed by atoms with E-state index in [9.17, 15) is 0 Å². The molecule has 1 aliphatic carbocycles. The third-order valence-corrected chi connectivity index (χ3v) is 5.79. The van der Waals surface area contributed by atoms with Crippen LogP contribution in [0.15, 0.2) is 6.07 Å². The molecule has 5 heteroatoms. The molecule has 21 heavy (non-hydrogen) atoms. The summed E-state index contributed by atoms with van der Waals surface area (Å²) in [6, 6.07) is 2.70. The van der Waals surface area contributed by atoms with Gasteiger partial charge in [-0.3, -0.25) is 0 Å². The lowest BCUT2D eigenvalue weighted by molar-refractivity contribution is 0.232. The molecule has 2 aromatic rings. The van der Waals surface area contributed by atoms with E-state index in [1.54, 1.807) is 11.3 Å². The molecule has 0 spiro atoms. The number of hydrogen-bond acceptors (Lipinski definition) is 4. The monoisotopic (exact) mass is 323 g/mol. The second kappa shape index (κ2) is 5.73. The number of halogens is 1. The average molecular weight is 324 g/mol. The van der Waals surface area contributed by atoms with Crippen LogP contribution in [0.3, 0.4) is 0 Å². The molecule has 3 rings (SSSR count). The predicted octanol–water partition coefficient (Wildman–Crippen LogP) is 5.29. The molecule has 0 bridgehead atoms. The van der Waals surface area contributed by atoms with E-state index in [1.807, 2.05) is 0 Å². The summed E-state index contributed by atoms with van der Waals surface area (Å²) in [5, 5.41) is 5.07. The zero-order valence-electron chi connectivity index (χ0n) is 12.9. The van der Waals surface area contributed by atoms with E-state index in [0.29, 0.717) is 16.7 Å². The second-order valence-corrected chi connectivity index (χ2v) is 8.16. The Hall–Kier alpha value is -0.870. The van der Waals surface area contributed by atoms with Crippen LogP contribution in [0.4, 0.5) is 5.82 Å². The fourth-order valence-electron chi connectivity index (χ4n) is 2.97. The first-order valence-electron chi connectivity index (χ1n) is 7.69. The van der Waals surface area contributed by atoms with Crippen molar-refractivity contribution >= 4 is 39.0 Å². The first kappa shape index (κ1) is 15.0. The molecular weight excluding hydrogens is 302 g/mol. The van der Waals surface area contributed by atoms with Crippen molar-refractivity contribution in [2.75, 3.05) is 5.32 Å². The van der Waals surface area contributed by atoms with Crippen LogP contribution in [0.5, 0.6) is 0 Å². The van der Waals surface area contributed by atoms with Gasteiger partial charge in [0.2, 0.25) is 5.28 Å². The topological polar surface area (TPSA) is 37.8 Å². The molecule has 2 heterocycles. The Bertz CT molecular complexity index is 640. The number of nitrogens with one attached hydrogen (secondary N) is 1. The van der Waals surface area contributed by atoms with Crippen molar-refractivity contribution in [2.24, 2.45) is 5.41 Å². The number of aromatic nitrogens is 2. The van der Waals surface area contributed by atoms with Gasteiger partial charge in [0, 0.05) is 10.9 Å².